The van der Waals surface area contributed by atoms with Gasteiger partial charge in [0.15, 0.2) is 0 Å². The van der Waals surface area contributed by atoms with E-state index in [1.165, 1.54) is 0 Å². The van der Waals surface area contributed by atoms with Crippen LogP contribution in [0.25, 0.3) is 0 Å². The van der Waals surface area contributed by atoms with Crippen LogP contribution in [0.1, 0.15) is 13.3 Å². The molecule has 0 aromatic rings. The Balaban J connectivity index is 4.65. The second-order valence-corrected chi connectivity index (χ2v) is 2.74. The van der Waals surface area contributed by atoms with Gasteiger partial charge in [0.1, 0.15) is 6.10 Å². The Hall–Kier alpha value is -0.530. The van der Waals surface area contributed by atoms with Gasteiger partial charge in [0.25, 0.3) is 0 Å². The summed E-state index contributed by atoms with van der Waals surface area (Å²) in [5, 5.41) is 0. The molecule has 15 heavy (non-hydrogen) atoms. The quantitative estimate of drug-likeness (QED) is 0.672. The molecule has 0 N–H and O–H groups in total. The smallest absolute Gasteiger partial charge is 0.372 e. The minimum atomic E-state index is -4.97. The van der Waals surface area contributed by atoms with E-state index in [4.69, 9.17) is 0 Å². The van der Waals surface area contributed by atoms with Crippen LogP contribution in [0.15, 0.2) is 0 Å². The van der Waals surface area contributed by atoms with E-state index in [1.54, 1.807) is 0 Å². The van der Waals surface area contributed by atoms with E-state index in [0.717, 1.165) is 6.92 Å². The Labute approximate surface area is 81.2 Å². The van der Waals surface area contributed by atoms with Crippen molar-refractivity contribution in [3.63, 3.8) is 0 Å². The predicted molar refractivity (Wildman–Crippen MR) is 37.0 cm³/mol. The standard InChI is InChI=1S/C7H9F7O/c1-2-15-4(3-6(10,11)12)7(13,14)5(8)9/h4-5H,2-3H2,1H3. The fourth-order valence-electron chi connectivity index (χ4n) is 0.858. The lowest BCUT2D eigenvalue weighted by Gasteiger charge is -2.26. The van der Waals surface area contributed by atoms with Gasteiger partial charge >= 0.3 is 18.5 Å². The molecule has 8 heteroatoms. The number of rotatable bonds is 5. The maximum Gasteiger partial charge on any atom is 0.391 e. The molecule has 0 saturated carbocycles. The first-order valence-electron chi connectivity index (χ1n) is 3.95. The lowest BCUT2D eigenvalue weighted by molar-refractivity contribution is -0.242. The average molecular weight is 242 g/mol. The molecule has 0 aromatic carbocycles. The molecule has 1 nitrogen and oxygen atoms in total. The Kier molecular flexibility index (Phi) is 4.82. The van der Waals surface area contributed by atoms with Gasteiger partial charge in [0.2, 0.25) is 0 Å². The van der Waals surface area contributed by atoms with Crippen LogP contribution in [0.3, 0.4) is 0 Å². The van der Waals surface area contributed by atoms with E-state index in [2.05, 4.69) is 4.74 Å². The first kappa shape index (κ1) is 14.5. The molecule has 0 aliphatic heterocycles. The van der Waals surface area contributed by atoms with Crippen molar-refractivity contribution < 1.29 is 35.5 Å². The van der Waals surface area contributed by atoms with Crippen molar-refractivity contribution in [3.8, 4) is 0 Å². The van der Waals surface area contributed by atoms with Gasteiger partial charge < -0.3 is 4.74 Å². The van der Waals surface area contributed by atoms with Crippen LogP contribution in [0.4, 0.5) is 30.7 Å². The largest absolute Gasteiger partial charge is 0.391 e. The van der Waals surface area contributed by atoms with Gasteiger partial charge in [-0.15, -0.1) is 0 Å². The maximum absolute atomic E-state index is 12.6. The Morgan fingerprint density at radius 1 is 1.07 bits per heavy atom. The fourth-order valence-corrected chi connectivity index (χ4v) is 0.858. The summed E-state index contributed by atoms with van der Waals surface area (Å²) >= 11 is 0. The van der Waals surface area contributed by atoms with E-state index >= 15 is 0 Å². The minimum Gasteiger partial charge on any atom is -0.372 e. The molecule has 0 aliphatic rings. The number of ether oxygens (including phenoxy) is 1. The first-order chi connectivity index (χ1) is 6.61. The molecule has 0 heterocycles. The van der Waals surface area contributed by atoms with Gasteiger partial charge in [0.05, 0.1) is 6.42 Å². The topological polar surface area (TPSA) is 9.23 Å². The van der Waals surface area contributed by atoms with Gasteiger partial charge in [-0.25, -0.2) is 8.78 Å². The molecular weight excluding hydrogens is 233 g/mol. The normalized spacial score (nSPS) is 15.8. The molecule has 0 aromatic heterocycles. The number of hydrogen-bond acceptors (Lipinski definition) is 1. The van der Waals surface area contributed by atoms with Crippen LogP contribution < -0.4 is 0 Å². The fraction of sp³-hybridized carbons (Fsp3) is 1.00. The highest BCUT2D eigenvalue weighted by Crippen LogP contribution is 2.35. The van der Waals surface area contributed by atoms with Crippen LogP contribution in [0.2, 0.25) is 0 Å². The highest BCUT2D eigenvalue weighted by atomic mass is 19.4. The highest BCUT2D eigenvalue weighted by Gasteiger charge is 2.53. The predicted octanol–water partition coefficient (Wildman–Crippen LogP) is 3.24. The third-order valence-electron chi connectivity index (χ3n) is 1.50. The molecule has 0 aliphatic carbocycles. The van der Waals surface area contributed by atoms with Crippen molar-refractivity contribution >= 4 is 0 Å². The monoisotopic (exact) mass is 242 g/mol. The second kappa shape index (κ2) is 5.00. The van der Waals surface area contributed by atoms with E-state index in [-0.39, 0.29) is 0 Å². The zero-order valence-corrected chi connectivity index (χ0v) is 7.62. The summed E-state index contributed by atoms with van der Waals surface area (Å²) in [5.74, 6) is -4.80. The first-order valence-corrected chi connectivity index (χ1v) is 3.95. The average Bonchev–Trinajstić information content (AvgIpc) is 2.00. The van der Waals surface area contributed by atoms with Crippen LogP contribution in [-0.4, -0.2) is 31.2 Å². The number of hydrogen-bond donors (Lipinski definition) is 0. The van der Waals surface area contributed by atoms with Crippen LogP contribution >= 0.6 is 0 Å². The van der Waals surface area contributed by atoms with Gasteiger partial charge in [-0.2, -0.15) is 22.0 Å². The van der Waals surface area contributed by atoms with Crippen molar-refractivity contribution in [2.24, 2.45) is 0 Å². The van der Waals surface area contributed by atoms with E-state index < -0.39 is 37.7 Å². The van der Waals surface area contributed by atoms with Crippen molar-refractivity contribution in [2.45, 2.75) is 38.0 Å². The van der Waals surface area contributed by atoms with Gasteiger partial charge in [0, 0.05) is 6.61 Å². The highest BCUT2D eigenvalue weighted by molar-refractivity contribution is 4.82. The summed E-state index contributed by atoms with van der Waals surface area (Å²) in [7, 11) is 0. The van der Waals surface area contributed by atoms with E-state index in [9.17, 15) is 30.7 Å². The van der Waals surface area contributed by atoms with Gasteiger partial charge in [-0.1, -0.05) is 0 Å². The van der Waals surface area contributed by atoms with Crippen molar-refractivity contribution in [2.75, 3.05) is 6.61 Å². The lowest BCUT2D eigenvalue weighted by Crippen LogP contribution is -2.44. The van der Waals surface area contributed by atoms with Crippen molar-refractivity contribution in [1.29, 1.82) is 0 Å². The summed E-state index contributed by atoms with van der Waals surface area (Å²) in [4.78, 5) is 0. The van der Waals surface area contributed by atoms with Gasteiger partial charge in [-0.05, 0) is 6.92 Å². The molecule has 1 unspecified atom stereocenters. The van der Waals surface area contributed by atoms with Gasteiger partial charge in [-0.3, -0.25) is 0 Å². The molecule has 0 radical (unpaired) electrons. The molecule has 0 fully saturated rings. The Bertz CT molecular complexity index is 188. The van der Waals surface area contributed by atoms with Crippen molar-refractivity contribution in [3.05, 3.63) is 0 Å². The number of alkyl halides is 7. The molecule has 1 atom stereocenters. The maximum atomic E-state index is 12.6. The summed E-state index contributed by atoms with van der Waals surface area (Å²) < 4.78 is 87.9. The SMILES string of the molecule is CCOC(CC(F)(F)F)C(F)(F)C(F)F. The molecule has 0 spiro atoms. The zero-order valence-electron chi connectivity index (χ0n) is 7.62. The lowest BCUT2D eigenvalue weighted by atomic mass is 10.1. The Morgan fingerprint density at radius 3 is 1.80 bits per heavy atom. The summed E-state index contributed by atoms with van der Waals surface area (Å²) in [6.07, 6.45) is -14.1. The van der Waals surface area contributed by atoms with E-state index in [0.29, 0.717) is 0 Å². The summed E-state index contributed by atoms with van der Waals surface area (Å²) in [6, 6.07) is 0. The molecule has 0 amide bonds. The molecule has 0 bridgehead atoms. The molecule has 0 rings (SSSR count). The van der Waals surface area contributed by atoms with Crippen LogP contribution in [0, 0.1) is 0 Å². The summed E-state index contributed by atoms with van der Waals surface area (Å²) in [6.45, 7) is 0.647. The summed E-state index contributed by atoms with van der Waals surface area (Å²) in [5.41, 5.74) is 0. The minimum absolute atomic E-state index is 0.497. The van der Waals surface area contributed by atoms with Crippen LogP contribution in [0.5, 0.6) is 0 Å². The van der Waals surface area contributed by atoms with Crippen molar-refractivity contribution in [1.82, 2.24) is 0 Å². The zero-order chi connectivity index (χ0) is 12.3. The third-order valence-corrected chi connectivity index (χ3v) is 1.50. The number of halogens is 7. The molecule has 92 valence electrons. The Morgan fingerprint density at radius 2 is 1.53 bits per heavy atom. The van der Waals surface area contributed by atoms with Crippen LogP contribution in [-0.2, 0) is 4.74 Å². The molecular formula is C7H9F7O. The molecule has 0 saturated heterocycles. The second-order valence-electron chi connectivity index (χ2n) is 2.74. The van der Waals surface area contributed by atoms with E-state index in [1.807, 2.05) is 0 Å². The third kappa shape index (κ3) is 4.67.